The molecular formula is C17H29NO11. The second-order valence-electron chi connectivity index (χ2n) is 7.21. The number of aliphatic hydroxyl groups is 4. The Morgan fingerprint density at radius 2 is 1.79 bits per heavy atom. The van der Waals surface area contributed by atoms with Crippen LogP contribution in [0.25, 0.3) is 0 Å². The minimum Gasteiger partial charge on any atom is -0.479 e. The summed E-state index contributed by atoms with van der Waals surface area (Å²) in [7, 11) is 1.17. The summed E-state index contributed by atoms with van der Waals surface area (Å²) in [6.45, 7) is 2.41. The van der Waals surface area contributed by atoms with Crippen LogP contribution < -0.4 is 5.32 Å². The number of carbonyl (C=O) groups excluding carboxylic acids is 1. The maximum absolute atomic E-state index is 11.5. The number of carboxylic acid groups (broad SMARTS) is 1. The number of aliphatic carboxylic acids is 1. The van der Waals surface area contributed by atoms with Crippen LogP contribution in [0.4, 0.5) is 0 Å². The highest BCUT2D eigenvalue weighted by Gasteiger charge is 2.50. The summed E-state index contributed by atoms with van der Waals surface area (Å²) in [4.78, 5) is 22.9. The highest BCUT2D eigenvalue weighted by atomic mass is 16.7. The van der Waals surface area contributed by atoms with E-state index in [1.54, 1.807) is 6.92 Å². The van der Waals surface area contributed by atoms with Gasteiger partial charge in [-0.05, 0) is 13.3 Å². The van der Waals surface area contributed by atoms with Crippen molar-refractivity contribution in [3.05, 3.63) is 0 Å². The Hall–Kier alpha value is -1.38. The lowest BCUT2D eigenvalue weighted by Crippen LogP contribution is -2.62. The molecular weight excluding hydrogens is 394 g/mol. The van der Waals surface area contributed by atoms with Crippen LogP contribution in [-0.4, -0.2) is 112 Å². The fourth-order valence-corrected chi connectivity index (χ4v) is 3.58. The van der Waals surface area contributed by atoms with E-state index < -0.39 is 73.7 Å². The van der Waals surface area contributed by atoms with Gasteiger partial charge in [0.25, 0.3) is 0 Å². The average molecular weight is 423 g/mol. The van der Waals surface area contributed by atoms with E-state index in [1.807, 2.05) is 0 Å². The van der Waals surface area contributed by atoms with Crippen LogP contribution in [0.2, 0.25) is 0 Å². The summed E-state index contributed by atoms with van der Waals surface area (Å²) in [5.74, 6) is -1.78. The van der Waals surface area contributed by atoms with E-state index in [-0.39, 0.29) is 12.3 Å². The Balaban J connectivity index is 2.23. The van der Waals surface area contributed by atoms with Crippen LogP contribution in [0, 0.1) is 0 Å². The van der Waals surface area contributed by atoms with Crippen LogP contribution in [0.1, 0.15) is 20.3 Å². The Labute approximate surface area is 167 Å². The number of nitrogens with one attached hydrogen (secondary N) is 1. The van der Waals surface area contributed by atoms with Gasteiger partial charge in [-0.25, -0.2) is 4.79 Å². The fourth-order valence-electron chi connectivity index (χ4n) is 3.58. The molecule has 2 heterocycles. The largest absolute Gasteiger partial charge is 0.479 e. The van der Waals surface area contributed by atoms with E-state index in [1.165, 1.54) is 14.0 Å². The average Bonchev–Trinajstić information content (AvgIpc) is 2.76. The first-order valence-corrected chi connectivity index (χ1v) is 9.24. The Kier molecular flexibility index (Phi) is 8.31. The molecule has 0 saturated carbocycles. The Morgan fingerprint density at radius 3 is 2.31 bits per heavy atom. The predicted octanol–water partition coefficient (Wildman–Crippen LogP) is -3.05. The quantitative estimate of drug-likeness (QED) is 0.255. The normalized spacial score (nSPS) is 43.4. The first kappa shape index (κ1) is 23.9. The molecule has 12 heteroatoms. The highest BCUT2D eigenvalue weighted by Crippen LogP contribution is 2.29. The molecule has 0 radical (unpaired) electrons. The van der Waals surface area contributed by atoms with Gasteiger partial charge in [-0.3, -0.25) is 4.79 Å². The molecule has 0 aromatic carbocycles. The van der Waals surface area contributed by atoms with Crippen LogP contribution in [0.5, 0.6) is 0 Å². The summed E-state index contributed by atoms with van der Waals surface area (Å²) >= 11 is 0. The van der Waals surface area contributed by atoms with E-state index in [9.17, 15) is 35.1 Å². The van der Waals surface area contributed by atoms with Gasteiger partial charge >= 0.3 is 5.97 Å². The fraction of sp³-hybridized carbons (Fsp3) is 0.882. The molecule has 0 aromatic heterocycles. The lowest BCUT2D eigenvalue weighted by molar-refractivity contribution is -0.315. The monoisotopic (exact) mass is 423 g/mol. The van der Waals surface area contributed by atoms with E-state index >= 15 is 0 Å². The predicted molar refractivity (Wildman–Crippen MR) is 93.6 cm³/mol. The minimum absolute atomic E-state index is 0.0204. The number of carbonyl (C=O) groups is 2. The number of hydrogen-bond acceptors (Lipinski definition) is 10. The van der Waals surface area contributed by atoms with E-state index in [0.29, 0.717) is 0 Å². The molecule has 0 aliphatic carbocycles. The van der Waals surface area contributed by atoms with Gasteiger partial charge in [0.1, 0.15) is 30.5 Å². The molecule has 10 atom stereocenters. The van der Waals surface area contributed by atoms with Gasteiger partial charge in [0.2, 0.25) is 5.91 Å². The van der Waals surface area contributed by atoms with Gasteiger partial charge in [0.05, 0.1) is 24.9 Å². The molecule has 2 aliphatic rings. The Morgan fingerprint density at radius 1 is 1.14 bits per heavy atom. The third kappa shape index (κ3) is 5.41. The van der Waals surface area contributed by atoms with Crippen molar-refractivity contribution in [2.45, 2.75) is 81.4 Å². The zero-order valence-corrected chi connectivity index (χ0v) is 16.4. The topological polar surface area (TPSA) is 184 Å². The second kappa shape index (κ2) is 10.1. The summed E-state index contributed by atoms with van der Waals surface area (Å²) in [5.41, 5.74) is 0. The van der Waals surface area contributed by atoms with Crippen LogP contribution in [-0.2, 0) is 28.5 Å². The molecule has 2 saturated heterocycles. The molecule has 0 spiro atoms. The van der Waals surface area contributed by atoms with Gasteiger partial charge in [0.15, 0.2) is 12.4 Å². The third-order valence-corrected chi connectivity index (χ3v) is 5.14. The minimum atomic E-state index is -1.67. The van der Waals surface area contributed by atoms with Crippen molar-refractivity contribution in [3.63, 3.8) is 0 Å². The summed E-state index contributed by atoms with van der Waals surface area (Å²) in [6, 6.07) is -0.601. The molecule has 2 rings (SSSR count). The van der Waals surface area contributed by atoms with Crippen molar-refractivity contribution in [1.82, 2.24) is 5.32 Å². The molecule has 168 valence electrons. The number of rotatable bonds is 6. The lowest BCUT2D eigenvalue weighted by Gasteiger charge is -2.42. The second-order valence-corrected chi connectivity index (χ2v) is 7.21. The first-order valence-electron chi connectivity index (χ1n) is 9.24. The van der Waals surface area contributed by atoms with Gasteiger partial charge in [-0.2, -0.15) is 0 Å². The number of carboxylic acids is 1. The molecule has 6 N–H and O–H groups in total. The van der Waals surface area contributed by atoms with Gasteiger partial charge < -0.3 is 49.8 Å². The SMILES string of the molecule is CO[C@@H]1C(C(=O)O)O[C@@H](OC2CC(NC(C)=O)[C@H](C)OC(CO)[C@H]2O)C(O)C1O. The number of amides is 1. The van der Waals surface area contributed by atoms with Crippen molar-refractivity contribution < 1.29 is 54.1 Å². The standard InChI is InChI=1S/C17H29NO11/c1-6-8(18-7(2)20)4-9(11(21)10(5-19)27-6)28-17-13(23)12(22)14(26-3)15(29-17)16(24)25/h6,8-15,17,19,21-23H,4-5H2,1-3H3,(H,18,20)(H,24,25)/t6-,8?,9?,10?,11-,12?,13?,14-,15?,17+/m0/s1. The molecule has 1 amide bonds. The molecule has 12 nitrogen and oxygen atoms in total. The first-order chi connectivity index (χ1) is 13.6. The van der Waals surface area contributed by atoms with Crippen LogP contribution >= 0.6 is 0 Å². The van der Waals surface area contributed by atoms with Crippen molar-refractivity contribution in [1.29, 1.82) is 0 Å². The molecule has 0 aromatic rings. The third-order valence-electron chi connectivity index (χ3n) is 5.14. The number of ether oxygens (including phenoxy) is 4. The lowest BCUT2D eigenvalue weighted by atomic mass is 9.97. The maximum Gasteiger partial charge on any atom is 0.335 e. The number of methoxy groups -OCH3 is 1. The zero-order chi connectivity index (χ0) is 21.9. The molecule has 0 bridgehead atoms. The van der Waals surface area contributed by atoms with E-state index in [4.69, 9.17) is 18.9 Å². The van der Waals surface area contributed by atoms with Crippen LogP contribution in [0.15, 0.2) is 0 Å². The molecule has 2 fully saturated rings. The Bertz CT molecular complexity index is 576. The van der Waals surface area contributed by atoms with E-state index in [2.05, 4.69) is 5.32 Å². The van der Waals surface area contributed by atoms with Gasteiger partial charge in [-0.15, -0.1) is 0 Å². The number of hydrogen-bond donors (Lipinski definition) is 6. The smallest absolute Gasteiger partial charge is 0.335 e. The molecule has 6 unspecified atom stereocenters. The van der Waals surface area contributed by atoms with Gasteiger partial charge in [-0.1, -0.05) is 0 Å². The van der Waals surface area contributed by atoms with Crippen molar-refractivity contribution in [2.75, 3.05) is 13.7 Å². The summed E-state index contributed by atoms with van der Waals surface area (Å²) < 4.78 is 21.4. The van der Waals surface area contributed by atoms with Crippen LogP contribution in [0.3, 0.4) is 0 Å². The summed E-state index contributed by atoms with van der Waals surface area (Å²) in [5, 5.41) is 52.6. The maximum atomic E-state index is 11.5. The van der Waals surface area contributed by atoms with E-state index in [0.717, 1.165) is 0 Å². The van der Waals surface area contributed by atoms with Crippen molar-refractivity contribution >= 4 is 11.9 Å². The zero-order valence-electron chi connectivity index (χ0n) is 16.4. The van der Waals surface area contributed by atoms with Crippen molar-refractivity contribution in [3.8, 4) is 0 Å². The number of aliphatic hydroxyl groups excluding tert-OH is 4. The molecule has 2 aliphatic heterocycles. The summed E-state index contributed by atoms with van der Waals surface area (Å²) in [6.07, 6.45) is -12.0. The van der Waals surface area contributed by atoms with Crippen molar-refractivity contribution in [2.24, 2.45) is 0 Å². The molecule has 29 heavy (non-hydrogen) atoms. The highest BCUT2D eigenvalue weighted by molar-refractivity contribution is 5.73. The van der Waals surface area contributed by atoms with Gasteiger partial charge in [0, 0.05) is 14.0 Å².